The van der Waals surface area contributed by atoms with Crippen molar-refractivity contribution in [2.45, 2.75) is 62.9 Å². The van der Waals surface area contributed by atoms with Crippen molar-refractivity contribution in [2.24, 2.45) is 35.0 Å². The number of fused-ring (bicyclic) bond motifs is 1. The molecule has 8 unspecified atom stereocenters. The number of hydrogen-bond donors (Lipinski definition) is 1. The smallest absolute Gasteiger partial charge is 0.313 e. The molecule has 0 aromatic carbocycles. The Labute approximate surface area is 185 Å². The molecular formula is C22H26O8S. The summed E-state index contributed by atoms with van der Waals surface area (Å²) in [5.41, 5.74) is -0.642. The lowest BCUT2D eigenvalue weighted by Crippen LogP contribution is -2.56. The summed E-state index contributed by atoms with van der Waals surface area (Å²) in [5, 5.41) is 0. The molecule has 6 bridgehead atoms. The van der Waals surface area contributed by atoms with Crippen LogP contribution in [-0.2, 0) is 38.1 Å². The Morgan fingerprint density at radius 2 is 1.81 bits per heavy atom. The normalized spacial score (nSPS) is 48.2. The van der Waals surface area contributed by atoms with E-state index in [4.69, 9.17) is 18.9 Å². The van der Waals surface area contributed by atoms with Gasteiger partial charge in [0, 0.05) is 11.8 Å². The molecule has 0 aromatic rings. The number of esters is 3. The van der Waals surface area contributed by atoms with Gasteiger partial charge in [-0.15, -0.1) is 0 Å². The van der Waals surface area contributed by atoms with Crippen molar-refractivity contribution in [2.75, 3.05) is 12.4 Å². The van der Waals surface area contributed by atoms with E-state index in [0.717, 1.165) is 19.3 Å². The van der Waals surface area contributed by atoms with E-state index in [-0.39, 0.29) is 24.4 Å². The van der Waals surface area contributed by atoms with Crippen LogP contribution in [0, 0.1) is 35.0 Å². The van der Waals surface area contributed by atoms with Gasteiger partial charge in [0.2, 0.25) is 0 Å². The fourth-order valence-corrected chi connectivity index (χ4v) is 7.45. The fourth-order valence-electron chi connectivity index (χ4n) is 7.32. The molecule has 0 spiro atoms. The first-order chi connectivity index (χ1) is 14.9. The molecule has 0 N–H and O–H groups in total. The van der Waals surface area contributed by atoms with Gasteiger partial charge < -0.3 is 18.9 Å². The SMILES string of the molecule is O=C1C2CC3CC1CC(C(=O)OC1C4OC(=O)C5C4OC1C5C(=O)OCCCS)(C3)C2. The molecule has 4 aliphatic carbocycles. The summed E-state index contributed by atoms with van der Waals surface area (Å²) in [6, 6.07) is 0. The first-order valence-corrected chi connectivity index (χ1v) is 11.9. The summed E-state index contributed by atoms with van der Waals surface area (Å²) in [6.07, 6.45) is 1.38. The van der Waals surface area contributed by atoms with E-state index in [1.54, 1.807) is 0 Å². The predicted molar refractivity (Wildman–Crippen MR) is 106 cm³/mol. The molecule has 7 aliphatic rings. The van der Waals surface area contributed by atoms with Crippen LogP contribution in [0.3, 0.4) is 0 Å². The van der Waals surface area contributed by atoms with Crippen LogP contribution in [0.1, 0.15) is 38.5 Å². The van der Waals surface area contributed by atoms with Gasteiger partial charge in [-0.2, -0.15) is 12.6 Å². The highest BCUT2D eigenvalue weighted by atomic mass is 32.1. The Bertz CT molecular complexity index is 838. The summed E-state index contributed by atoms with van der Waals surface area (Å²) in [7, 11) is 0. The largest absolute Gasteiger partial charge is 0.465 e. The third kappa shape index (κ3) is 2.78. The quantitative estimate of drug-likeness (QED) is 0.278. The lowest BCUT2D eigenvalue weighted by molar-refractivity contribution is -0.187. The topological polar surface area (TPSA) is 105 Å². The summed E-state index contributed by atoms with van der Waals surface area (Å²) in [6.45, 7) is 0.215. The van der Waals surface area contributed by atoms with Gasteiger partial charge in [0.15, 0.2) is 12.2 Å². The summed E-state index contributed by atoms with van der Waals surface area (Å²) in [4.78, 5) is 51.0. The Balaban J connectivity index is 1.21. The van der Waals surface area contributed by atoms with Crippen molar-refractivity contribution in [3.05, 3.63) is 0 Å². The van der Waals surface area contributed by atoms with Crippen LogP contribution >= 0.6 is 12.6 Å². The Kier molecular flexibility index (Phi) is 4.49. The molecule has 0 radical (unpaired) electrons. The highest BCUT2D eigenvalue weighted by molar-refractivity contribution is 7.80. The van der Waals surface area contributed by atoms with Crippen LogP contribution < -0.4 is 0 Å². The Hall–Kier alpha value is -1.61. The van der Waals surface area contributed by atoms with Crippen molar-refractivity contribution < 1.29 is 38.1 Å². The molecule has 4 saturated carbocycles. The van der Waals surface area contributed by atoms with Crippen molar-refractivity contribution in [3.8, 4) is 0 Å². The van der Waals surface area contributed by atoms with E-state index in [1.165, 1.54) is 0 Å². The van der Waals surface area contributed by atoms with Gasteiger partial charge in [0.05, 0.1) is 12.0 Å². The van der Waals surface area contributed by atoms with Crippen LogP contribution in [0.2, 0.25) is 0 Å². The van der Waals surface area contributed by atoms with Gasteiger partial charge in [0.25, 0.3) is 0 Å². The van der Waals surface area contributed by atoms with E-state index in [1.807, 2.05) is 0 Å². The summed E-state index contributed by atoms with van der Waals surface area (Å²) >= 11 is 4.11. The molecule has 0 aromatic heterocycles. The molecule has 168 valence electrons. The zero-order chi connectivity index (χ0) is 21.5. The second kappa shape index (κ2) is 6.94. The maximum absolute atomic E-state index is 13.4. The van der Waals surface area contributed by atoms with Crippen molar-refractivity contribution in [3.63, 3.8) is 0 Å². The van der Waals surface area contributed by atoms with Crippen LogP contribution in [0.5, 0.6) is 0 Å². The molecule has 3 saturated heterocycles. The average Bonchev–Trinajstić information content (AvgIpc) is 3.35. The zero-order valence-electron chi connectivity index (χ0n) is 17.1. The highest BCUT2D eigenvalue weighted by Gasteiger charge is 2.72. The van der Waals surface area contributed by atoms with Crippen LogP contribution in [-0.4, -0.2) is 60.5 Å². The Morgan fingerprint density at radius 1 is 1.06 bits per heavy atom. The van der Waals surface area contributed by atoms with Gasteiger partial charge in [-0.25, -0.2) is 0 Å². The maximum Gasteiger partial charge on any atom is 0.313 e. The van der Waals surface area contributed by atoms with E-state index < -0.39 is 53.6 Å². The number of carbonyl (C=O) groups excluding carboxylic acids is 4. The highest BCUT2D eigenvalue weighted by Crippen LogP contribution is 2.60. The Morgan fingerprint density at radius 3 is 2.52 bits per heavy atom. The van der Waals surface area contributed by atoms with Gasteiger partial charge in [-0.1, -0.05) is 0 Å². The van der Waals surface area contributed by atoms with Crippen molar-refractivity contribution in [1.29, 1.82) is 0 Å². The number of ether oxygens (including phenoxy) is 4. The molecular weight excluding hydrogens is 424 g/mol. The number of carbonyl (C=O) groups is 4. The van der Waals surface area contributed by atoms with E-state index >= 15 is 0 Å². The second-order valence-electron chi connectivity index (χ2n) is 10.2. The number of ketones is 1. The fraction of sp³-hybridized carbons (Fsp3) is 0.818. The average molecular weight is 451 g/mol. The third-order valence-corrected chi connectivity index (χ3v) is 8.71. The number of Topliss-reactive ketones (excluding diaryl/α,β-unsaturated/α-hetero) is 1. The lowest BCUT2D eigenvalue weighted by Gasteiger charge is -2.54. The second-order valence-corrected chi connectivity index (χ2v) is 10.6. The minimum atomic E-state index is -0.827. The molecule has 3 heterocycles. The van der Waals surface area contributed by atoms with Gasteiger partial charge in [0.1, 0.15) is 29.8 Å². The zero-order valence-corrected chi connectivity index (χ0v) is 18.0. The molecule has 9 heteroatoms. The number of thiol groups is 1. The van der Waals surface area contributed by atoms with E-state index in [9.17, 15) is 19.2 Å². The molecule has 3 aliphatic heterocycles. The lowest BCUT2D eigenvalue weighted by atomic mass is 9.49. The van der Waals surface area contributed by atoms with Crippen LogP contribution in [0.25, 0.3) is 0 Å². The van der Waals surface area contributed by atoms with E-state index in [0.29, 0.717) is 36.7 Å². The minimum absolute atomic E-state index is 0.0432. The molecule has 7 fully saturated rings. The van der Waals surface area contributed by atoms with Gasteiger partial charge >= 0.3 is 17.9 Å². The van der Waals surface area contributed by atoms with E-state index in [2.05, 4.69) is 12.6 Å². The number of hydrogen-bond acceptors (Lipinski definition) is 9. The monoisotopic (exact) mass is 450 g/mol. The first-order valence-electron chi connectivity index (χ1n) is 11.3. The predicted octanol–water partition coefficient (Wildman–Crippen LogP) is 1.10. The molecule has 8 atom stereocenters. The summed E-state index contributed by atoms with van der Waals surface area (Å²) < 4.78 is 22.7. The van der Waals surface area contributed by atoms with Crippen molar-refractivity contribution >= 4 is 36.3 Å². The summed E-state index contributed by atoms with van der Waals surface area (Å²) in [5.74, 6) is -1.68. The van der Waals surface area contributed by atoms with Gasteiger partial charge in [-0.3, -0.25) is 19.2 Å². The van der Waals surface area contributed by atoms with Gasteiger partial charge in [-0.05, 0) is 50.2 Å². The molecule has 8 nitrogen and oxygen atoms in total. The third-order valence-electron chi connectivity index (χ3n) is 8.39. The first kappa shape index (κ1) is 20.0. The van der Waals surface area contributed by atoms with Crippen LogP contribution in [0.15, 0.2) is 0 Å². The standard InChI is InChI=1S/C22H26O8S/c23-14-10-4-9-5-11(14)8-22(6-9,7-10)21(26)30-18-15-12(19(24)27-2-1-3-31)13-16(28-15)17(18)29-20(13)25/h9-13,15-18,31H,1-8H2. The maximum atomic E-state index is 13.4. The number of rotatable bonds is 6. The molecule has 31 heavy (non-hydrogen) atoms. The minimum Gasteiger partial charge on any atom is -0.465 e. The molecule has 0 amide bonds. The van der Waals surface area contributed by atoms with Crippen molar-refractivity contribution in [1.82, 2.24) is 0 Å². The van der Waals surface area contributed by atoms with Crippen LogP contribution in [0.4, 0.5) is 0 Å². The molecule has 7 rings (SSSR count).